The molecule has 0 aromatic carbocycles. The summed E-state index contributed by atoms with van der Waals surface area (Å²) in [6, 6.07) is 0. The minimum Gasteiger partial charge on any atom is -0.303 e. The molecular formula is C11H12N+. The SMILES string of the molecule is CC1=C(C)CN2C=CC=CC2=[C+]1. The van der Waals surface area contributed by atoms with Crippen molar-refractivity contribution in [1.82, 2.24) is 4.90 Å². The van der Waals surface area contributed by atoms with E-state index in [1.807, 2.05) is 6.08 Å². The van der Waals surface area contributed by atoms with Crippen molar-refractivity contribution in [2.45, 2.75) is 13.8 Å². The van der Waals surface area contributed by atoms with E-state index >= 15 is 0 Å². The van der Waals surface area contributed by atoms with Crippen LogP contribution in [0.15, 0.2) is 41.3 Å². The quantitative estimate of drug-likeness (QED) is 0.489. The highest BCUT2D eigenvalue weighted by molar-refractivity contribution is 5.36. The largest absolute Gasteiger partial charge is 0.303 e. The molecule has 0 unspecified atom stereocenters. The Kier molecular flexibility index (Phi) is 1.60. The van der Waals surface area contributed by atoms with Crippen LogP contribution < -0.4 is 0 Å². The van der Waals surface area contributed by atoms with Gasteiger partial charge in [0.25, 0.3) is 0 Å². The standard InChI is InChI=1S/C11H12N/c1-9-7-11-5-3-4-6-12(11)8-10(9)2/h3-6H,8H2,1-2H3/q+1. The van der Waals surface area contributed by atoms with Crippen LogP contribution in [0, 0.1) is 6.08 Å². The molecule has 60 valence electrons. The molecule has 0 aromatic rings. The lowest BCUT2D eigenvalue weighted by molar-refractivity contribution is 0.502. The monoisotopic (exact) mass is 158 g/mol. The summed E-state index contributed by atoms with van der Waals surface area (Å²) in [5, 5.41) is 0. The minimum absolute atomic E-state index is 1.01. The number of hydrogen-bond acceptors (Lipinski definition) is 1. The molecule has 0 bridgehead atoms. The molecule has 1 nitrogen and oxygen atoms in total. The van der Waals surface area contributed by atoms with E-state index in [9.17, 15) is 0 Å². The molecule has 0 saturated heterocycles. The van der Waals surface area contributed by atoms with Gasteiger partial charge in [-0.15, -0.1) is 0 Å². The Bertz CT molecular complexity index is 316. The van der Waals surface area contributed by atoms with E-state index < -0.39 is 0 Å². The Morgan fingerprint density at radius 1 is 1.33 bits per heavy atom. The van der Waals surface area contributed by atoms with Crippen molar-refractivity contribution in [2.24, 2.45) is 0 Å². The highest BCUT2D eigenvalue weighted by Gasteiger charge is 2.21. The van der Waals surface area contributed by atoms with Crippen LogP contribution in [-0.4, -0.2) is 11.4 Å². The van der Waals surface area contributed by atoms with Gasteiger partial charge in [-0.05, 0) is 19.1 Å². The lowest BCUT2D eigenvalue weighted by Gasteiger charge is -2.20. The van der Waals surface area contributed by atoms with E-state index in [-0.39, 0.29) is 0 Å². The molecule has 0 aliphatic carbocycles. The topological polar surface area (TPSA) is 3.24 Å². The van der Waals surface area contributed by atoms with Crippen LogP contribution in [0.4, 0.5) is 0 Å². The molecule has 0 radical (unpaired) electrons. The van der Waals surface area contributed by atoms with E-state index in [1.165, 1.54) is 16.8 Å². The molecular weight excluding hydrogens is 146 g/mol. The summed E-state index contributed by atoms with van der Waals surface area (Å²) in [6.45, 7) is 5.28. The fourth-order valence-corrected chi connectivity index (χ4v) is 1.40. The van der Waals surface area contributed by atoms with Crippen LogP contribution in [0.5, 0.6) is 0 Å². The third-order valence-electron chi connectivity index (χ3n) is 2.30. The first-order valence-corrected chi connectivity index (χ1v) is 4.19. The van der Waals surface area contributed by atoms with E-state index in [4.69, 9.17) is 0 Å². The Morgan fingerprint density at radius 3 is 3.00 bits per heavy atom. The lowest BCUT2D eigenvalue weighted by atomic mass is 10.0. The summed E-state index contributed by atoms with van der Waals surface area (Å²) in [4.78, 5) is 2.21. The van der Waals surface area contributed by atoms with E-state index in [0.29, 0.717) is 0 Å². The molecule has 0 N–H and O–H groups in total. The normalized spacial score (nSPS) is 20.5. The average molecular weight is 158 g/mol. The van der Waals surface area contributed by atoms with Gasteiger partial charge in [-0.3, -0.25) is 0 Å². The Balaban J connectivity index is 2.38. The fourth-order valence-electron chi connectivity index (χ4n) is 1.40. The van der Waals surface area contributed by atoms with Gasteiger partial charge in [0.1, 0.15) is 5.57 Å². The van der Waals surface area contributed by atoms with Gasteiger partial charge in [-0.25, -0.2) is 0 Å². The predicted octanol–water partition coefficient (Wildman–Crippen LogP) is 2.41. The van der Waals surface area contributed by atoms with Crippen molar-refractivity contribution in [1.29, 1.82) is 0 Å². The summed E-state index contributed by atoms with van der Waals surface area (Å²) >= 11 is 0. The molecule has 12 heavy (non-hydrogen) atoms. The van der Waals surface area contributed by atoms with Gasteiger partial charge in [-0.1, -0.05) is 0 Å². The van der Waals surface area contributed by atoms with Gasteiger partial charge in [-0.2, -0.15) is 0 Å². The molecule has 0 spiro atoms. The summed E-state index contributed by atoms with van der Waals surface area (Å²) < 4.78 is 0. The zero-order valence-electron chi connectivity index (χ0n) is 7.46. The van der Waals surface area contributed by atoms with Gasteiger partial charge in [0, 0.05) is 18.7 Å². The first kappa shape index (κ1) is 7.33. The highest BCUT2D eigenvalue weighted by atomic mass is 15.1. The Hall–Kier alpha value is -1.33. The predicted molar refractivity (Wildman–Crippen MR) is 50.1 cm³/mol. The maximum absolute atomic E-state index is 3.35. The molecule has 1 heteroatoms. The summed E-state index contributed by atoms with van der Waals surface area (Å²) in [5.41, 5.74) is 3.86. The van der Waals surface area contributed by atoms with Crippen molar-refractivity contribution in [3.05, 3.63) is 47.3 Å². The molecule has 0 atom stereocenters. The molecule has 0 fully saturated rings. The molecule has 0 amide bonds. The van der Waals surface area contributed by atoms with Crippen molar-refractivity contribution in [2.75, 3.05) is 6.54 Å². The zero-order valence-corrected chi connectivity index (χ0v) is 7.46. The third kappa shape index (κ3) is 1.09. The fraction of sp³-hybridized carbons (Fsp3) is 0.273. The van der Waals surface area contributed by atoms with Crippen molar-refractivity contribution in [3.63, 3.8) is 0 Å². The summed E-state index contributed by atoms with van der Waals surface area (Å²) in [5.74, 6) is 0. The van der Waals surface area contributed by atoms with Crippen molar-refractivity contribution in [3.8, 4) is 0 Å². The number of nitrogens with zero attached hydrogens (tertiary/aromatic N) is 1. The summed E-state index contributed by atoms with van der Waals surface area (Å²) in [6.07, 6.45) is 11.6. The maximum Gasteiger partial charge on any atom is 0.209 e. The molecule has 2 aliphatic rings. The smallest absolute Gasteiger partial charge is 0.209 e. The molecule has 2 rings (SSSR count). The van der Waals surface area contributed by atoms with Crippen LogP contribution in [0.25, 0.3) is 0 Å². The van der Waals surface area contributed by atoms with Crippen molar-refractivity contribution >= 4 is 0 Å². The number of allylic oxidation sites excluding steroid dienone is 5. The third-order valence-corrected chi connectivity index (χ3v) is 2.30. The first-order valence-electron chi connectivity index (χ1n) is 4.19. The Morgan fingerprint density at radius 2 is 2.17 bits per heavy atom. The van der Waals surface area contributed by atoms with E-state index in [0.717, 1.165) is 6.54 Å². The van der Waals surface area contributed by atoms with Gasteiger partial charge in [0.05, 0.1) is 18.7 Å². The number of hydrogen-bond donors (Lipinski definition) is 0. The average Bonchev–Trinajstić information content (AvgIpc) is 2.07. The second-order valence-electron chi connectivity index (χ2n) is 3.24. The van der Waals surface area contributed by atoms with Crippen LogP contribution in [0.2, 0.25) is 0 Å². The van der Waals surface area contributed by atoms with E-state index in [2.05, 4.69) is 43.2 Å². The molecule has 2 aliphatic heterocycles. The molecule has 2 heterocycles. The highest BCUT2D eigenvalue weighted by Crippen LogP contribution is 2.22. The second-order valence-corrected chi connectivity index (χ2v) is 3.24. The van der Waals surface area contributed by atoms with Crippen LogP contribution in [0.3, 0.4) is 0 Å². The van der Waals surface area contributed by atoms with Gasteiger partial charge in [0.15, 0.2) is 0 Å². The molecule has 0 saturated carbocycles. The number of rotatable bonds is 0. The lowest BCUT2D eigenvalue weighted by Crippen LogP contribution is -2.23. The van der Waals surface area contributed by atoms with Crippen molar-refractivity contribution < 1.29 is 0 Å². The first-order chi connectivity index (χ1) is 5.77. The second kappa shape index (κ2) is 2.62. The van der Waals surface area contributed by atoms with Crippen LogP contribution in [-0.2, 0) is 0 Å². The van der Waals surface area contributed by atoms with Gasteiger partial charge in [0.2, 0.25) is 5.70 Å². The Labute approximate surface area is 73.4 Å². The van der Waals surface area contributed by atoms with Crippen LogP contribution in [0.1, 0.15) is 13.8 Å². The van der Waals surface area contributed by atoms with Crippen LogP contribution >= 0.6 is 0 Å². The minimum atomic E-state index is 1.01. The zero-order chi connectivity index (χ0) is 8.55. The van der Waals surface area contributed by atoms with Gasteiger partial charge >= 0.3 is 0 Å². The number of fused-ring (bicyclic) bond motifs is 1. The summed E-state index contributed by atoms with van der Waals surface area (Å²) in [7, 11) is 0. The maximum atomic E-state index is 3.35. The van der Waals surface area contributed by atoms with E-state index in [1.54, 1.807) is 0 Å². The van der Waals surface area contributed by atoms with Gasteiger partial charge < -0.3 is 4.90 Å². The molecule has 0 aromatic heterocycles.